The number of hydrogen-bond acceptors (Lipinski definition) is 3. The summed E-state index contributed by atoms with van der Waals surface area (Å²) in [7, 11) is 2.10. The van der Waals surface area contributed by atoms with E-state index in [1.807, 2.05) is 0 Å². The Hall–Kier alpha value is -2.69. The zero-order valence-corrected chi connectivity index (χ0v) is 15.2. The van der Waals surface area contributed by atoms with Crippen LogP contribution < -0.4 is 10.6 Å². The van der Waals surface area contributed by atoms with Crippen LogP contribution in [0, 0.1) is 0 Å². The molecular weight excluding hydrogens is 326 g/mol. The van der Waals surface area contributed by atoms with Crippen LogP contribution in [0.25, 0.3) is 10.8 Å². The zero-order chi connectivity index (χ0) is 18.1. The summed E-state index contributed by atoms with van der Waals surface area (Å²) in [5.74, 6) is 0.176. The van der Waals surface area contributed by atoms with E-state index in [0.717, 1.165) is 44.5 Å². The molecule has 5 heteroatoms. The number of imidazole rings is 1. The van der Waals surface area contributed by atoms with Crippen LogP contribution in [0.4, 0.5) is 5.69 Å². The Labute approximate surface area is 153 Å². The maximum atomic E-state index is 12.3. The van der Waals surface area contributed by atoms with E-state index in [4.69, 9.17) is 0 Å². The molecule has 1 aliphatic rings. The van der Waals surface area contributed by atoms with Gasteiger partial charge in [-0.2, -0.15) is 0 Å². The predicted octanol–water partition coefficient (Wildman–Crippen LogP) is 3.37. The van der Waals surface area contributed by atoms with Crippen LogP contribution in [0.3, 0.4) is 0 Å². The number of fused-ring (bicyclic) bond motifs is 2. The van der Waals surface area contributed by atoms with E-state index >= 15 is 0 Å². The second-order valence-corrected chi connectivity index (χ2v) is 7.12. The monoisotopic (exact) mass is 351 g/mol. The lowest BCUT2D eigenvalue weighted by Gasteiger charge is -2.20. The standard InChI is InChI=1S/C21H25N3O2/c1-22(18-11-10-16-7-2-3-8-17(16)15-18)12-4-5-13-24-20(25)19-9-6-14-23(19)21(24)26/h2-3,7-8,10-11,15,25H,4-6,9,12-14H2,1H3. The number of anilines is 1. The van der Waals surface area contributed by atoms with Crippen LogP contribution in [0.1, 0.15) is 25.0 Å². The Kier molecular flexibility index (Phi) is 4.45. The molecule has 0 bridgehead atoms. The van der Waals surface area contributed by atoms with Gasteiger partial charge in [0.1, 0.15) is 0 Å². The summed E-state index contributed by atoms with van der Waals surface area (Å²) >= 11 is 0. The van der Waals surface area contributed by atoms with Crippen molar-refractivity contribution in [2.24, 2.45) is 0 Å². The van der Waals surface area contributed by atoms with Gasteiger partial charge in [0.25, 0.3) is 0 Å². The van der Waals surface area contributed by atoms with E-state index in [-0.39, 0.29) is 11.6 Å². The lowest BCUT2D eigenvalue weighted by molar-refractivity contribution is 0.402. The van der Waals surface area contributed by atoms with E-state index in [9.17, 15) is 9.90 Å². The summed E-state index contributed by atoms with van der Waals surface area (Å²) < 4.78 is 3.25. The Bertz CT molecular complexity index is 987. The molecule has 0 fully saturated rings. The number of rotatable bonds is 6. The highest BCUT2D eigenvalue weighted by Crippen LogP contribution is 2.24. The fourth-order valence-corrected chi connectivity index (χ4v) is 3.87. The Morgan fingerprint density at radius 1 is 1.12 bits per heavy atom. The molecule has 2 aromatic carbocycles. The highest BCUT2D eigenvalue weighted by molar-refractivity contribution is 5.85. The number of aromatic nitrogens is 2. The summed E-state index contributed by atoms with van der Waals surface area (Å²) in [4.78, 5) is 14.6. The Morgan fingerprint density at radius 3 is 2.73 bits per heavy atom. The fourth-order valence-electron chi connectivity index (χ4n) is 3.87. The molecule has 136 valence electrons. The van der Waals surface area contributed by atoms with Crippen LogP contribution in [0.2, 0.25) is 0 Å². The molecule has 26 heavy (non-hydrogen) atoms. The van der Waals surface area contributed by atoms with Gasteiger partial charge in [-0.05, 0) is 48.6 Å². The molecule has 1 N–H and O–H groups in total. The van der Waals surface area contributed by atoms with Gasteiger partial charge in [-0.3, -0.25) is 9.13 Å². The summed E-state index contributed by atoms with van der Waals surface area (Å²) in [5, 5.41) is 12.7. The van der Waals surface area contributed by atoms with Crippen LogP contribution in [-0.2, 0) is 19.5 Å². The van der Waals surface area contributed by atoms with Crippen molar-refractivity contribution in [1.29, 1.82) is 0 Å². The molecule has 0 spiro atoms. The van der Waals surface area contributed by atoms with Gasteiger partial charge in [-0.1, -0.05) is 30.3 Å². The van der Waals surface area contributed by atoms with Crippen molar-refractivity contribution in [3.8, 4) is 5.88 Å². The van der Waals surface area contributed by atoms with Crippen molar-refractivity contribution in [3.63, 3.8) is 0 Å². The molecule has 0 saturated carbocycles. The number of benzene rings is 2. The van der Waals surface area contributed by atoms with Gasteiger partial charge in [0, 0.05) is 32.4 Å². The maximum absolute atomic E-state index is 12.3. The Morgan fingerprint density at radius 2 is 1.92 bits per heavy atom. The van der Waals surface area contributed by atoms with Crippen molar-refractivity contribution in [2.75, 3.05) is 18.5 Å². The molecular formula is C21H25N3O2. The number of unbranched alkanes of at least 4 members (excludes halogenated alkanes) is 1. The molecule has 0 unspecified atom stereocenters. The molecule has 0 amide bonds. The quantitative estimate of drug-likeness (QED) is 0.693. The summed E-state index contributed by atoms with van der Waals surface area (Å²) in [5.41, 5.74) is 1.95. The molecule has 0 radical (unpaired) electrons. The summed E-state index contributed by atoms with van der Waals surface area (Å²) in [6, 6.07) is 14.9. The molecule has 1 aromatic heterocycles. The minimum atomic E-state index is -0.0575. The largest absolute Gasteiger partial charge is 0.493 e. The smallest absolute Gasteiger partial charge is 0.331 e. The number of hydrogen-bond donors (Lipinski definition) is 1. The minimum Gasteiger partial charge on any atom is -0.493 e. The van der Waals surface area contributed by atoms with Crippen LogP contribution in [0.15, 0.2) is 47.3 Å². The van der Waals surface area contributed by atoms with Crippen LogP contribution >= 0.6 is 0 Å². The third kappa shape index (κ3) is 2.98. The molecule has 1 aliphatic heterocycles. The van der Waals surface area contributed by atoms with E-state index in [1.54, 1.807) is 4.57 Å². The molecule has 0 atom stereocenters. The van der Waals surface area contributed by atoms with Crippen molar-refractivity contribution in [2.45, 2.75) is 38.8 Å². The SMILES string of the molecule is CN(CCCCn1c(O)c2n(c1=O)CCC2)c1ccc2ccccc2c1. The number of aromatic hydroxyl groups is 1. The minimum absolute atomic E-state index is 0.0575. The topological polar surface area (TPSA) is 50.4 Å². The second kappa shape index (κ2) is 6.90. The second-order valence-electron chi connectivity index (χ2n) is 7.12. The van der Waals surface area contributed by atoms with Gasteiger partial charge in [-0.25, -0.2) is 4.79 Å². The van der Waals surface area contributed by atoms with Crippen molar-refractivity contribution < 1.29 is 5.11 Å². The molecule has 2 heterocycles. The van der Waals surface area contributed by atoms with Gasteiger partial charge in [-0.15, -0.1) is 0 Å². The molecule has 4 rings (SSSR count). The highest BCUT2D eigenvalue weighted by Gasteiger charge is 2.22. The predicted molar refractivity (Wildman–Crippen MR) is 105 cm³/mol. The first-order chi connectivity index (χ1) is 12.6. The maximum Gasteiger partial charge on any atom is 0.331 e. The lowest BCUT2D eigenvalue weighted by atomic mass is 10.1. The van der Waals surface area contributed by atoms with Crippen LogP contribution in [0.5, 0.6) is 5.88 Å². The third-order valence-electron chi connectivity index (χ3n) is 5.40. The normalized spacial score (nSPS) is 13.3. The first-order valence-corrected chi connectivity index (χ1v) is 9.36. The van der Waals surface area contributed by atoms with E-state index < -0.39 is 0 Å². The van der Waals surface area contributed by atoms with Crippen molar-refractivity contribution in [1.82, 2.24) is 9.13 Å². The molecule has 5 nitrogen and oxygen atoms in total. The summed E-state index contributed by atoms with van der Waals surface area (Å²) in [6.45, 7) is 2.23. The van der Waals surface area contributed by atoms with E-state index in [1.165, 1.54) is 21.0 Å². The average molecular weight is 351 g/mol. The fraction of sp³-hybridized carbons (Fsp3) is 0.381. The zero-order valence-electron chi connectivity index (χ0n) is 15.2. The lowest BCUT2D eigenvalue weighted by Crippen LogP contribution is -2.24. The van der Waals surface area contributed by atoms with E-state index in [2.05, 4.69) is 54.4 Å². The van der Waals surface area contributed by atoms with Crippen molar-refractivity contribution in [3.05, 3.63) is 58.6 Å². The van der Waals surface area contributed by atoms with Gasteiger partial charge in [0.05, 0.1) is 5.69 Å². The average Bonchev–Trinajstić information content (AvgIpc) is 3.23. The van der Waals surface area contributed by atoms with Crippen LogP contribution in [-0.4, -0.2) is 27.8 Å². The van der Waals surface area contributed by atoms with Gasteiger partial charge >= 0.3 is 5.69 Å². The molecule has 0 aliphatic carbocycles. The first-order valence-electron chi connectivity index (χ1n) is 9.36. The van der Waals surface area contributed by atoms with Gasteiger partial charge in [0.15, 0.2) is 0 Å². The van der Waals surface area contributed by atoms with Gasteiger partial charge < -0.3 is 10.0 Å². The van der Waals surface area contributed by atoms with Crippen molar-refractivity contribution >= 4 is 16.5 Å². The van der Waals surface area contributed by atoms with E-state index in [0.29, 0.717) is 6.54 Å². The Balaban J connectivity index is 1.35. The first kappa shape index (κ1) is 16.8. The summed E-state index contributed by atoms with van der Waals surface area (Å²) in [6.07, 6.45) is 3.60. The molecule has 3 aromatic rings. The molecule has 0 saturated heterocycles. The third-order valence-corrected chi connectivity index (χ3v) is 5.40. The van der Waals surface area contributed by atoms with Gasteiger partial charge in [0.2, 0.25) is 5.88 Å². The number of nitrogens with zero attached hydrogens (tertiary/aromatic N) is 3. The highest BCUT2D eigenvalue weighted by atomic mass is 16.3.